The lowest BCUT2D eigenvalue weighted by Gasteiger charge is -2.39. The van der Waals surface area contributed by atoms with E-state index in [1.54, 1.807) is 0 Å². The van der Waals surface area contributed by atoms with Crippen molar-refractivity contribution in [3.8, 4) is 0 Å². The van der Waals surface area contributed by atoms with Crippen LogP contribution in [-0.4, -0.2) is 47.6 Å². The maximum atomic E-state index is 3.89. The van der Waals surface area contributed by atoms with Crippen LogP contribution < -0.4 is 5.32 Å². The van der Waals surface area contributed by atoms with Gasteiger partial charge in [0, 0.05) is 18.1 Å². The fourth-order valence-electron chi connectivity index (χ4n) is 3.04. The molecule has 0 aromatic carbocycles. The normalized spacial score (nSPS) is 34.1. The molecule has 2 saturated heterocycles. The highest BCUT2D eigenvalue weighted by Gasteiger charge is 2.26. The van der Waals surface area contributed by atoms with E-state index in [9.17, 15) is 0 Å². The van der Waals surface area contributed by atoms with Crippen LogP contribution in [0.5, 0.6) is 0 Å². The minimum atomic E-state index is 0.772. The molecule has 0 aliphatic carbocycles. The molecule has 2 nitrogen and oxygen atoms in total. The average Bonchev–Trinajstić information content (AvgIpc) is 2.31. The van der Waals surface area contributed by atoms with Crippen molar-refractivity contribution >= 4 is 11.8 Å². The van der Waals surface area contributed by atoms with E-state index in [1.807, 2.05) is 0 Å². The van der Waals surface area contributed by atoms with Crippen molar-refractivity contribution in [3.05, 3.63) is 0 Å². The van der Waals surface area contributed by atoms with E-state index < -0.39 is 0 Å². The van der Waals surface area contributed by atoms with E-state index in [1.165, 1.54) is 50.3 Å². The third kappa shape index (κ3) is 3.38. The molecule has 0 aromatic rings. The topological polar surface area (TPSA) is 15.3 Å². The van der Waals surface area contributed by atoms with Gasteiger partial charge in [0.1, 0.15) is 0 Å². The summed E-state index contributed by atoms with van der Waals surface area (Å²) in [5.74, 6) is 2.72. The van der Waals surface area contributed by atoms with Gasteiger partial charge in [0.25, 0.3) is 0 Å². The van der Waals surface area contributed by atoms with Crippen LogP contribution >= 0.6 is 11.8 Å². The largest absolute Gasteiger partial charge is 0.311 e. The molecule has 0 amide bonds. The van der Waals surface area contributed by atoms with E-state index in [2.05, 4.69) is 35.8 Å². The van der Waals surface area contributed by atoms with Gasteiger partial charge in [-0.15, -0.1) is 0 Å². The predicted octanol–water partition coefficient (Wildman–Crippen LogP) is 2.34. The SMILES string of the molecule is CCN1CCC(NC2CCSCC2)CC1C. The number of likely N-dealkylation sites (tertiary alicyclic amines) is 1. The van der Waals surface area contributed by atoms with Gasteiger partial charge in [-0.1, -0.05) is 6.92 Å². The number of nitrogens with one attached hydrogen (secondary N) is 1. The third-order valence-corrected chi connectivity index (χ3v) is 5.16. The lowest BCUT2D eigenvalue weighted by molar-refractivity contribution is 0.137. The summed E-state index contributed by atoms with van der Waals surface area (Å²) in [6.07, 6.45) is 5.46. The van der Waals surface area contributed by atoms with Crippen molar-refractivity contribution in [3.63, 3.8) is 0 Å². The number of nitrogens with zero attached hydrogens (tertiary/aromatic N) is 1. The molecular weight excluding hydrogens is 216 g/mol. The molecule has 2 fully saturated rings. The molecule has 2 heterocycles. The molecule has 2 unspecified atom stereocenters. The number of hydrogen-bond donors (Lipinski definition) is 1. The summed E-state index contributed by atoms with van der Waals surface area (Å²) < 4.78 is 0. The first kappa shape index (κ1) is 12.7. The zero-order chi connectivity index (χ0) is 11.4. The Hall–Kier alpha value is 0.270. The van der Waals surface area contributed by atoms with Gasteiger partial charge in [0.2, 0.25) is 0 Å². The Labute approximate surface area is 105 Å². The van der Waals surface area contributed by atoms with Crippen LogP contribution in [0.3, 0.4) is 0 Å². The summed E-state index contributed by atoms with van der Waals surface area (Å²) in [4.78, 5) is 2.61. The molecule has 2 aliphatic heterocycles. The number of hydrogen-bond acceptors (Lipinski definition) is 3. The number of piperidine rings is 1. The van der Waals surface area contributed by atoms with Crippen molar-refractivity contribution in [2.75, 3.05) is 24.6 Å². The Bertz CT molecular complexity index is 204. The Kier molecular flexibility index (Phi) is 4.98. The van der Waals surface area contributed by atoms with Crippen molar-refractivity contribution in [2.45, 2.75) is 57.7 Å². The predicted molar refractivity (Wildman–Crippen MR) is 73.2 cm³/mol. The van der Waals surface area contributed by atoms with Crippen molar-refractivity contribution < 1.29 is 0 Å². The second-order valence-corrected chi connectivity index (χ2v) is 6.48. The van der Waals surface area contributed by atoms with Crippen LogP contribution in [-0.2, 0) is 0 Å². The van der Waals surface area contributed by atoms with E-state index in [0.29, 0.717) is 0 Å². The fraction of sp³-hybridized carbons (Fsp3) is 1.00. The first-order chi connectivity index (χ1) is 7.79. The van der Waals surface area contributed by atoms with Gasteiger partial charge in [0.15, 0.2) is 0 Å². The second kappa shape index (κ2) is 6.27. The maximum Gasteiger partial charge on any atom is 0.00966 e. The van der Waals surface area contributed by atoms with Crippen LogP contribution in [0.1, 0.15) is 39.5 Å². The fourth-order valence-corrected chi connectivity index (χ4v) is 4.15. The van der Waals surface area contributed by atoms with Gasteiger partial charge in [-0.05, 0) is 57.2 Å². The Morgan fingerprint density at radius 3 is 2.56 bits per heavy atom. The van der Waals surface area contributed by atoms with Crippen molar-refractivity contribution in [1.29, 1.82) is 0 Å². The minimum Gasteiger partial charge on any atom is -0.311 e. The first-order valence-electron chi connectivity index (χ1n) is 6.87. The molecule has 0 bridgehead atoms. The van der Waals surface area contributed by atoms with E-state index in [0.717, 1.165) is 18.1 Å². The van der Waals surface area contributed by atoms with E-state index in [-0.39, 0.29) is 0 Å². The standard InChI is InChI=1S/C13H26N2S/c1-3-15-7-4-13(10-11(15)2)14-12-5-8-16-9-6-12/h11-14H,3-10H2,1-2H3. The summed E-state index contributed by atoms with van der Waals surface area (Å²) in [6.45, 7) is 7.17. The molecular formula is C13H26N2S. The van der Waals surface area contributed by atoms with Crippen molar-refractivity contribution in [1.82, 2.24) is 10.2 Å². The van der Waals surface area contributed by atoms with Gasteiger partial charge in [-0.25, -0.2) is 0 Å². The van der Waals surface area contributed by atoms with Crippen LogP contribution in [0.4, 0.5) is 0 Å². The molecule has 1 N–H and O–H groups in total. The third-order valence-electron chi connectivity index (χ3n) is 4.11. The van der Waals surface area contributed by atoms with Gasteiger partial charge >= 0.3 is 0 Å². The van der Waals surface area contributed by atoms with Crippen LogP contribution in [0, 0.1) is 0 Å². The average molecular weight is 242 g/mol. The molecule has 0 saturated carbocycles. The maximum absolute atomic E-state index is 3.89. The summed E-state index contributed by atoms with van der Waals surface area (Å²) in [5.41, 5.74) is 0. The summed E-state index contributed by atoms with van der Waals surface area (Å²) in [5, 5.41) is 3.89. The van der Waals surface area contributed by atoms with Gasteiger partial charge in [-0.3, -0.25) is 0 Å². The Morgan fingerprint density at radius 2 is 1.94 bits per heavy atom. The smallest absolute Gasteiger partial charge is 0.00966 e. The molecule has 94 valence electrons. The molecule has 2 aliphatic rings. The Morgan fingerprint density at radius 1 is 1.19 bits per heavy atom. The molecule has 0 radical (unpaired) electrons. The molecule has 0 spiro atoms. The highest BCUT2D eigenvalue weighted by molar-refractivity contribution is 7.99. The molecule has 3 heteroatoms. The van der Waals surface area contributed by atoms with Crippen molar-refractivity contribution in [2.24, 2.45) is 0 Å². The highest BCUT2D eigenvalue weighted by atomic mass is 32.2. The van der Waals surface area contributed by atoms with Crippen LogP contribution in [0.15, 0.2) is 0 Å². The quantitative estimate of drug-likeness (QED) is 0.818. The van der Waals surface area contributed by atoms with Gasteiger partial charge in [-0.2, -0.15) is 11.8 Å². The van der Waals surface area contributed by atoms with Gasteiger partial charge in [0.05, 0.1) is 0 Å². The molecule has 2 rings (SSSR count). The highest BCUT2D eigenvalue weighted by Crippen LogP contribution is 2.21. The Balaban J connectivity index is 1.74. The van der Waals surface area contributed by atoms with Gasteiger partial charge < -0.3 is 10.2 Å². The lowest BCUT2D eigenvalue weighted by Crippen LogP contribution is -2.50. The zero-order valence-electron chi connectivity index (χ0n) is 10.7. The number of thioether (sulfide) groups is 1. The summed E-state index contributed by atoms with van der Waals surface area (Å²) in [6, 6.07) is 2.37. The van der Waals surface area contributed by atoms with E-state index >= 15 is 0 Å². The molecule has 0 aromatic heterocycles. The minimum absolute atomic E-state index is 0.772. The monoisotopic (exact) mass is 242 g/mol. The molecule has 2 atom stereocenters. The van der Waals surface area contributed by atoms with Crippen LogP contribution in [0.2, 0.25) is 0 Å². The summed E-state index contributed by atoms with van der Waals surface area (Å²) in [7, 11) is 0. The van der Waals surface area contributed by atoms with Crippen LogP contribution in [0.25, 0.3) is 0 Å². The number of rotatable bonds is 3. The first-order valence-corrected chi connectivity index (χ1v) is 8.03. The molecule has 16 heavy (non-hydrogen) atoms. The van der Waals surface area contributed by atoms with E-state index in [4.69, 9.17) is 0 Å². The zero-order valence-corrected chi connectivity index (χ0v) is 11.6. The summed E-state index contributed by atoms with van der Waals surface area (Å²) >= 11 is 2.12. The second-order valence-electron chi connectivity index (χ2n) is 5.25. The lowest BCUT2D eigenvalue weighted by atomic mass is 9.96.